The minimum atomic E-state index is 0.0159. The lowest BCUT2D eigenvalue weighted by Gasteiger charge is -2.36. The Morgan fingerprint density at radius 3 is 2.65 bits per heavy atom. The number of nitrogens with zero attached hydrogens (tertiary/aromatic N) is 4. The van der Waals surface area contributed by atoms with Crippen molar-refractivity contribution in [2.75, 3.05) is 37.7 Å². The number of amides is 2. The molecule has 2 N–H and O–H groups in total. The average molecular weight is 319 g/mol. The van der Waals surface area contributed by atoms with E-state index in [-0.39, 0.29) is 18.7 Å². The predicted octanol–water partition coefficient (Wildman–Crippen LogP) is 0.859. The minimum absolute atomic E-state index is 0.0159. The second-order valence-corrected chi connectivity index (χ2v) is 6.40. The van der Waals surface area contributed by atoms with Gasteiger partial charge in [0.2, 0.25) is 5.95 Å². The lowest BCUT2D eigenvalue weighted by atomic mass is 9.98. The van der Waals surface area contributed by atoms with E-state index in [2.05, 4.69) is 20.2 Å². The van der Waals surface area contributed by atoms with Crippen LogP contribution in [0.5, 0.6) is 0 Å². The molecule has 1 aromatic heterocycles. The standard InChI is InChI=1S/C16H25N5O2/c22-12-13-4-9-20(10-5-13)16(23)19-14-3-1-8-21(11-14)15-17-6-2-7-18-15/h2,6-7,13-14,22H,1,3-5,8-12H2,(H,19,23)/t14-/m0/s1. The summed E-state index contributed by atoms with van der Waals surface area (Å²) < 4.78 is 0. The van der Waals surface area contributed by atoms with E-state index in [9.17, 15) is 9.90 Å². The summed E-state index contributed by atoms with van der Waals surface area (Å²) in [5.74, 6) is 1.08. The Labute approximate surface area is 136 Å². The summed E-state index contributed by atoms with van der Waals surface area (Å²) in [6, 6.07) is 1.96. The molecule has 0 bridgehead atoms. The van der Waals surface area contributed by atoms with E-state index in [1.807, 2.05) is 11.0 Å². The fourth-order valence-electron chi connectivity index (χ4n) is 3.32. The number of aliphatic hydroxyl groups excluding tert-OH is 1. The second kappa shape index (κ2) is 7.59. The highest BCUT2D eigenvalue weighted by molar-refractivity contribution is 5.74. The van der Waals surface area contributed by atoms with Crippen molar-refractivity contribution in [3.63, 3.8) is 0 Å². The molecule has 2 aliphatic heterocycles. The first-order valence-corrected chi connectivity index (χ1v) is 8.44. The SMILES string of the molecule is O=C(N[C@H]1CCCN(c2ncccn2)C1)N1CCC(CO)CC1. The molecule has 23 heavy (non-hydrogen) atoms. The van der Waals surface area contributed by atoms with Gasteiger partial charge >= 0.3 is 6.03 Å². The van der Waals surface area contributed by atoms with Crippen molar-refractivity contribution in [3.05, 3.63) is 18.5 Å². The monoisotopic (exact) mass is 319 g/mol. The van der Waals surface area contributed by atoms with Crippen molar-refractivity contribution >= 4 is 12.0 Å². The number of carbonyl (C=O) groups is 1. The molecule has 7 heteroatoms. The van der Waals surface area contributed by atoms with Crippen molar-refractivity contribution in [3.8, 4) is 0 Å². The van der Waals surface area contributed by atoms with E-state index in [0.717, 1.165) is 57.8 Å². The van der Waals surface area contributed by atoms with E-state index < -0.39 is 0 Å². The summed E-state index contributed by atoms with van der Waals surface area (Å²) >= 11 is 0. The van der Waals surface area contributed by atoms with Gasteiger partial charge in [-0.05, 0) is 37.7 Å². The van der Waals surface area contributed by atoms with Gasteiger partial charge in [0.05, 0.1) is 0 Å². The lowest BCUT2D eigenvalue weighted by molar-refractivity contribution is 0.135. The fourth-order valence-corrected chi connectivity index (χ4v) is 3.32. The fraction of sp³-hybridized carbons (Fsp3) is 0.688. The van der Waals surface area contributed by atoms with Gasteiger partial charge in [-0.25, -0.2) is 14.8 Å². The van der Waals surface area contributed by atoms with Crippen LogP contribution in [0, 0.1) is 5.92 Å². The van der Waals surface area contributed by atoms with E-state index in [4.69, 9.17) is 0 Å². The molecule has 3 rings (SSSR count). The maximum absolute atomic E-state index is 12.4. The first-order valence-electron chi connectivity index (χ1n) is 8.44. The molecule has 2 amide bonds. The van der Waals surface area contributed by atoms with Crippen LogP contribution in [-0.2, 0) is 0 Å². The molecule has 7 nitrogen and oxygen atoms in total. The number of rotatable bonds is 3. The number of anilines is 1. The Hall–Kier alpha value is -1.89. The van der Waals surface area contributed by atoms with Gasteiger partial charge in [0.1, 0.15) is 0 Å². The Bertz CT molecular complexity index is 504. The van der Waals surface area contributed by atoms with Crippen molar-refractivity contribution in [2.45, 2.75) is 31.7 Å². The van der Waals surface area contributed by atoms with Crippen LogP contribution in [-0.4, -0.2) is 64.8 Å². The number of nitrogens with one attached hydrogen (secondary N) is 1. The largest absolute Gasteiger partial charge is 0.396 e. The van der Waals surface area contributed by atoms with Crippen molar-refractivity contribution in [1.29, 1.82) is 0 Å². The zero-order valence-electron chi connectivity index (χ0n) is 13.4. The number of urea groups is 1. The van der Waals surface area contributed by atoms with Crippen LogP contribution in [0.4, 0.5) is 10.7 Å². The van der Waals surface area contributed by atoms with E-state index in [0.29, 0.717) is 5.92 Å². The van der Waals surface area contributed by atoms with Gasteiger partial charge < -0.3 is 20.2 Å². The molecule has 2 saturated heterocycles. The van der Waals surface area contributed by atoms with Gasteiger partial charge in [0.15, 0.2) is 0 Å². The molecular formula is C16H25N5O2. The van der Waals surface area contributed by atoms with Crippen LogP contribution < -0.4 is 10.2 Å². The number of aliphatic hydroxyl groups is 1. The van der Waals surface area contributed by atoms with Gasteiger partial charge in [-0.1, -0.05) is 0 Å². The quantitative estimate of drug-likeness (QED) is 0.863. The zero-order chi connectivity index (χ0) is 16.1. The predicted molar refractivity (Wildman–Crippen MR) is 87.2 cm³/mol. The van der Waals surface area contributed by atoms with E-state index in [1.54, 1.807) is 12.4 Å². The first-order chi connectivity index (χ1) is 11.3. The number of hydrogen-bond donors (Lipinski definition) is 2. The third kappa shape index (κ3) is 4.10. The Morgan fingerprint density at radius 2 is 1.96 bits per heavy atom. The van der Waals surface area contributed by atoms with Gasteiger partial charge in [0, 0.05) is 51.2 Å². The molecule has 0 unspecified atom stereocenters. The van der Waals surface area contributed by atoms with E-state index >= 15 is 0 Å². The molecular weight excluding hydrogens is 294 g/mol. The Kier molecular flexibility index (Phi) is 5.27. The zero-order valence-corrected chi connectivity index (χ0v) is 13.4. The highest BCUT2D eigenvalue weighted by Crippen LogP contribution is 2.18. The number of carbonyl (C=O) groups excluding carboxylic acids is 1. The summed E-state index contributed by atoms with van der Waals surface area (Å²) in [6.07, 6.45) is 7.28. The molecule has 2 aliphatic rings. The van der Waals surface area contributed by atoms with Crippen LogP contribution >= 0.6 is 0 Å². The maximum Gasteiger partial charge on any atom is 0.317 e. The summed E-state index contributed by atoms with van der Waals surface area (Å²) in [6.45, 7) is 3.37. The van der Waals surface area contributed by atoms with Crippen LogP contribution in [0.3, 0.4) is 0 Å². The Balaban J connectivity index is 1.51. The number of hydrogen-bond acceptors (Lipinski definition) is 5. The van der Waals surface area contributed by atoms with Gasteiger partial charge in [-0.3, -0.25) is 0 Å². The molecule has 1 aromatic rings. The molecule has 0 aliphatic carbocycles. The topological polar surface area (TPSA) is 81.6 Å². The van der Waals surface area contributed by atoms with Crippen molar-refractivity contribution < 1.29 is 9.90 Å². The van der Waals surface area contributed by atoms with E-state index in [1.165, 1.54) is 0 Å². The summed E-state index contributed by atoms with van der Waals surface area (Å²) in [5.41, 5.74) is 0. The second-order valence-electron chi connectivity index (χ2n) is 6.40. The highest BCUT2D eigenvalue weighted by Gasteiger charge is 2.27. The minimum Gasteiger partial charge on any atom is -0.396 e. The molecule has 1 atom stereocenters. The summed E-state index contributed by atoms with van der Waals surface area (Å²) in [5, 5.41) is 12.3. The maximum atomic E-state index is 12.4. The smallest absolute Gasteiger partial charge is 0.317 e. The molecule has 126 valence electrons. The van der Waals surface area contributed by atoms with Gasteiger partial charge in [-0.2, -0.15) is 0 Å². The van der Waals surface area contributed by atoms with Crippen LogP contribution in [0.25, 0.3) is 0 Å². The van der Waals surface area contributed by atoms with Crippen molar-refractivity contribution in [2.24, 2.45) is 5.92 Å². The number of aromatic nitrogens is 2. The van der Waals surface area contributed by atoms with Crippen molar-refractivity contribution in [1.82, 2.24) is 20.2 Å². The van der Waals surface area contributed by atoms with Crippen LogP contribution in [0.15, 0.2) is 18.5 Å². The van der Waals surface area contributed by atoms with Gasteiger partial charge in [-0.15, -0.1) is 0 Å². The molecule has 2 fully saturated rings. The molecule has 3 heterocycles. The lowest BCUT2D eigenvalue weighted by Crippen LogP contribution is -2.53. The first kappa shape index (κ1) is 16.0. The van der Waals surface area contributed by atoms with Gasteiger partial charge in [0.25, 0.3) is 0 Å². The normalized spacial score (nSPS) is 22.9. The third-order valence-corrected chi connectivity index (χ3v) is 4.74. The Morgan fingerprint density at radius 1 is 1.22 bits per heavy atom. The average Bonchev–Trinajstić information content (AvgIpc) is 2.63. The van der Waals surface area contributed by atoms with Crippen LogP contribution in [0.1, 0.15) is 25.7 Å². The highest BCUT2D eigenvalue weighted by atomic mass is 16.3. The molecule has 0 saturated carbocycles. The number of likely N-dealkylation sites (tertiary alicyclic amines) is 1. The molecule has 0 aromatic carbocycles. The third-order valence-electron chi connectivity index (χ3n) is 4.74. The molecule has 0 spiro atoms. The molecule has 0 radical (unpaired) electrons. The number of piperidine rings is 2. The summed E-state index contributed by atoms with van der Waals surface area (Å²) in [4.78, 5) is 25.0. The van der Waals surface area contributed by atoms with Crippen LogP contribution in [0.2, 0.25) is 0 Å². The summed E-state index contributed by atoms with van der Waals surface area (Å²) in [7, 11) is 0.